The molecule has 0 amide bonds. The van der Waals surface area contributed by atoms with E-state index in [1.54, 1.807) is 17.4 Å². The Labute approximate surface area is 123 Å². The molecular weight excluding hydrogens is 324 g/mol. The van der Waals surface area contributed by atoms with Crippen molar-refractivity contribution in [3.63, 3.8) is 0 Å². The summed E-state index contributed by atoms with van der Waals surface area (Å²) in [5.74, 6) is 0.742. The van der Waals surface area contributed by atoms with E-state index in [9.17, 15) is 0 Å². The number of halogens is 1. The smallest absolute Gasteiger partial charge is 0.140 e. The minimum Gasteiger partial charge on any atom is -0.486 e. The molecule has 19 heavy (non-hydrogen) atoms. The van der Waals surface area contributed by atoms with Gasteiger partial charge in [0, 0.05) is 16.2 Å². The molecule has 0 fully saturated rings. The molecule has 3 nitrogen and oxygen atoms in total. The quantitative estimate of drug-likeness (QED) is 0.729. The fourth-order valence-corrected chi connectivity index (χ4v) is 3.16. The average Bonchev–Trinajstić information content (AvgIpc) is 2.78. The topological polar surface area (TPSA) is 48.1 Å². The van der Waals surface area contributed by atoms with Gasteiger partial charge < -0.3 is 10.5 Å². The molecule has 0 radical (unpaired) electrons. The number of hydrogen-bond donors (Lipinski definition) is 1. The molecule has 3 aromatic rings. The molecule has 0 bridgehead atoms. The third-order valence-electron chi connectivity index (χ3n) is 2.59. The van der Waals surface area contributed by atoms with E-state index >= 15 is 0 Å². The van der Waals surface area contributed by atoms with Crippen molar-refractivity contribution in [2.75, 3.05) is 5.73 Å². The number of nitrogens with zero attached hydrogens (tertiary/aromatic N) is 1. The number of thiazole rings is 1. The molecule has 0 saturated carbocycles. The van der Waals surface area contributed by atoms with Gasteiger partial charge >= 0.3 is 0 Å². The Kier molecular flexibility index (Phi) is 3.40. The summed E-state index contributed by atoms with van der Waals surface area (Å²) in [6.45, 7) is 0.454. The predicted octanol–water partition coefficient (Wildman–Crippen LogP) is 4.22. The second-order valence-corrected chi connectivity index (χ2v) is 6.12. The molecule has 0 aliphatic heterocycles. The first-order valence-electron chi connectivity index (χ1n) is 5.74. The van der Waals surface area contributed by atoms with Crippen LogP contribution in [-0.2, 0) is 6.61 Å². The molecule has 0 aliphatic carbocycles. The molecule has 0 unspecified atom stereocenters. The third kappa shape index (κ3) is 2.88. The third-order valence-corrected chi connectivity index (χ3v) is 4.06. The monoisotopic (exact) mass is 334 g/mol. The molecule has 1 aromatic heterocycles. The van der Waals surface area contributed by atoms with Gasteiger partial charge in [-0.1, -0.05) is 28.1 Å². The first-order chi connectivity index (χ1) is 9.20. The van der Waals surface area contributed by atoms with Crippen molar-refractivity contribution in [2.24, 2.45) is 0 Å². The van der Waals surface area contributed by atoms with E-state index in [0.717, 1.165) is 20.7 Å². The minimum absolute atomic E-state index is 0.454. The molecule has 0 aliphatic rings. The van der Waals surface area contributed by atoms with Gasteiger partial charge in [-0.3, -0.25) is 0 Å². The molecular formula is C14H11BrN2OS. The van der Waals surface area contributed by atoms with Gasteiger partial charge in [-0.25, -0.2) is 4.98 Å². The molecule has 96 valence electrons. The molecule has 1 heterocycles. The van der Waals surface area contributed by atoms with Crippen LogP contribution < -0.4 is 10.5 Å². The number of benzene rings is 2. The van der Waals surface area contributed by atoms with Crippen LogP contribution in [0.4, 0.5) is 5.69 Å². The van der Waals surface area contributed by atoms with Gasteiger partial charge in [0.1, 0.15) is 17.4 Å². The van der Waals surface area contributed by atoms with E-state index in [4.69, 9.17) is 10.5 Å². The van der Waals surface area contributed by atoms with E-state index in [1.165, 1.54) is 4.70 Å². The first-order valence-corrected chi connectivity index (χ1v) is 7.35. The van der Waals surface area contributed by atoms with Gasteiger partial charge in [0.05, 0.1) is 10.2 Å². The van der Waals surface area contributed by atoms with Gasteiger partial charge in [-0.2, -0.15) is 0 Å². The summed E-state index contributed by atoms with van der Waals surface area (Å²) >= 11 is 5.04. The lowest BCUT2D eigenvalue weighted by Crippen LogP contribution is -1.95. The number of anilines is 1. The van der Waals surface area contributed by atoms with Crippen LogP contribution in [0.1, 0.15) is 5.01 Å². The second kappa shape index (κ2) is 5.19. The Balaban J connectivity index is 1.78. The number of ether oxygens (including phenoxy) is 1. The number of para-hydroxylation sites is 1. The van der Waals surface area contributed by atoms with Gasteiger partial charge in [0.15, 0.2) is 0 Å². The standard InChI is InChI=1S/C14H11BrN2OS/c15-9-5-10(16)7-11(6-9)18-8-14-17-12-3-1-2-4-13(12)19-14/h1-7H,8,16H2. The molecule has 0 atom stereocenters. The van der Waals surface area contributed by atoms with Crippen molar-refractivity contribution in [2.45, 2.75) is 6.61 Å². The lowest BCUT2D eigenvalue weighted by Gasteiger charge is -2.05. The summed E-state index contributed by atoms with van der Waals surface area (Å²) in [5, 5.41) is 0.958. The van der Waals surface area contributed by atoms with Gasteiger partial charge in [-0.05, 0) is 24.3 Å². The molecule has 0 spiro atoms. The molecule has 2 aromatic carbocycles. The summed E-state index contributed by atoms with van der Waals surface area (Å²) < 4.78 is 7.81. The fraction of sp³-hybridized carbons (Fsp3) is 0.0714. The summed E-state index contributed by atoms with van der Waals surface area (Å²) in [6.07, 6.45) is 0. The maximum atomic E-state index is 5.77. The first kappa shape index (κ1) is 12.4. The number of rotatable bonds is 3. The van der Waals surface area contributed by atoms with Gasteiger partial charge in [0.2, 0.25) is 0 Å². The van der Waals surface area contributed by atoms with E-state index in [1.807, 2.05) is 30.3 Å². The van der Waals surface area contributed by atoms with Crippen molar-refractivity contribution in [3.05, 3.63) is 51.9 Å². The highest BCUT2D eigenvalue weighted by Crippen LogP contribution is 2.26. The van der Waals surface area contributed by atoms with Crippen LogP contribution in [0.2, 0.25) is 0 Å². The number of fused-ring (bicyclic) bond motifs is 1. The van der Waals surface area contributed by atoms with Gasteiger partial charge in [0.25, 0.3) is 0 Å². The van der Waals surface area contributed by atoms with Crippen LogP contribution in [0.3, 0.4) is 0 Å². The van der Waals surface area contributed by atoms with Crippen LogP contribution in [0.5, 0.6) is 5.75 Å². The highest BCUT2D eigenvalue weighted by molar-refractivity contribution is 9.10. The number of nitrogens with two attached hydrogens (primary N) is 1. The van der Waals surface area contributed by atoms with Crippen LogP contribution in [0.15, 0.2) is 46.9 Å². The summed E-state index contributed by atoms with van der Waals surface area (Å²) in [5.41, 5.74) is 7.46. The molecule has 2 N–H and O–H groups in total. The Morgan fingerprint density at radius 2 is 2.05 bits per heavy atom. The maximum absolute atomic E-state index is 5.77. The Bertz CT molecular complexity index is 673. The van der Waals surface area contributed by atoms with E-state index in [-0.39, 0.29) is 0 Å². The Hall–Kier alpha value is -1.59. The maximum Gasteiger partial charge on any atom is 0.140 e. The van der Waals surface area contributed by atoms with Crippen LogP contribution in [-0.4, -0.2) is 4.98 Å². The zero-order valence-corrected chi connectivity index (χ0v) is 12.4. The highest BCUT2D eigenvalue weighted by Gasteiger charge is 2.04. The van der Waals surface area contributed by atoms with Crippen molar-refractivity contribution in [1.82, 2.24) is 4.98 Å². The van der Waals surface area contributed by atoms with E-state index in [2.05, 4.69) is 27.0 Å². The summed E-state index contributed by atoms with van der Waals surface area (Å²) in [4.78, 5) is 4.52. The Morgan fingerprint density at radius 3 is 2.84 bits per heavy atom. The molecule has 5 heteroatoms. The number of aromatic nitrogens is 1. The lowest BCUT2D eigenvalue weighted by atomic mass is 10.3. The number of hydrogen-bond acceptors (Lipinski definition) is 4. The number of nitrogen functional groups attached to an aromatic ring is 1. The zero-order chi connectivity index (χ0) is 13.2. The average molecular weight is 335 g/mol. The predicted molar refractivity (Wildman–Crippen MR) is 82.5 cm³/mol. The van der Waals surface area contributed by atoms with Gasteiger partial charge in [-0.15, -0.1) is 11.3 Å². The van der Waals surface area contributed by atoms with Crippen LogP contribution in [0.25, 0.3) is 10.2 Å². The van der Waals surface area contributed by atoms with Crippen molar-refractivity contribution in [1.29, 1.82) is 0 Å². The van der Waals surface area contributed by atoms with Crippen LogP contribution >= 0.6 is 27.3 Å². The Morgan fingerprint density at radius 1 is 1.21 bits per heavy atom. The summed E-state index contributed by atoms with van der Waals surface area (Å²) in [7, 11) is 0. The van der Waals surface area contributed by atoms with E-state index < -0.39 is 0 Å². The van der Waals surface area contributed by atoms with Crippen molar-refractivity contribution in [3.8, 4) is 5.75 Å². The minimum atomic E-state index is 0.454. The normalized spacial score (nSPS) is 10.8. The summed E-state index contributed by atoms with van der Waals surface area (Å²) in [6, 6.07) is 13.6. The second-order valence-electron chi connectivity index (χ2n) is 4.08. The SMILES string of the molecule is Nc1cc(Br)cc(OCc2nc3ccccc3s2)c1. The highest BCUT2D eigenvalue weighted by atomic mass is 79.9. The molecule has 3 rings (SSSR count). The fourth-order valence-electron chi connectivity index (χ4n) is 1.79. The van der Waals surface area contributed by atoms with Crippen LogP contribution in [0, 0.1) is 0 Å². The van der Waals surface area contributed by atoms with E-state index in [0.29, 0.717) is 12.3 Å². The molecule has 0 saturated heterocycles. The zero-order valence-electron chi connectivity index (χ0n) is 9.97. The van der Waals surface area contributed by atoms with Crippen molar-refractivity contribution < 1.29 is 4.74 Å². The van der Waals surface area contributed by atoms with Crippen molar-refractivity contribution >= 4 is 43.2 Å². The largest absolute Gasteiger partial charge is 0.486 e. The lowest BCUT2D eigenvalue weighted by molar-refractivity contribution is 0.306.